The van der Waals surface area contributed by atoms with Crippen molar-refractivity contribution in [1.29, 1.82) is 0 Å². The highest BCUT2D eigenvalue weighted by Gasteiger charge is 2.26. The van der Waals surface area contributed by atoms with Crippen LogP contribution in [0.4, 0.5) is 0 Å². The lowest BCUT2D eigenvalue weighted by Crippen LogP contribution is -2.27. The summed E-state index contributed by atoms with van der Waals surface area (Å²) in [6, 6.07) is 0. The SMILES string of the molecule is CC#CCCC1(O)CCCCCC1. The maximum atomic E-state index is 10.2. The molecule has 74 valence electrons. The van der Waals surface area contributed by atoms with Crippen LogP contribution in [0.1, 0.15) is 58.3 Å². The highest BCUT2D eigenvalue weighted by atomic mass is 16.3. The standard InChI is InChI=1S/C12H20O/c1-2-3-6-9-12(13)10-7-4-5-8-11-12/h13H,4-11H2,1H3. The normalized spacial score (nSPS) is 21.4. The Hall–Kier alpha value is -0.480. The molecule has 1 nitrogen and oxygen atoms in total. The van der Waals surface area contributed by atoms with Gasteiger partial charge in [0.15, 0.2) is 0 Å². The van der Waals surface area contributed by atoms with Crippen LogP contribution < -0.4 is 0 Å². The van der Waals surface area contributed by atoms with Crippen molar-refractivity contribution in [3.63, 3.8) is 0 Å². The van der Waals surface area contributed by atoms with E-state index in [-0.39, 0.29) is 5.60 Å². The van der Waals surface area contributed by atoms with E-state index in [1.54, 1.807) is 0 Å². The first-order valence-electron chi connectivity index (χ1n) is 5.39. The fourth-order valence-electron chi connectivity index (χ4n) is 2.06. The molecule has 1 rings (SSSR count). The maximum absolute atomic E-state index is 10.2. The van der Waals surface area contributed by atoms with Gasteiger partial charge in [-0.3, -0.25) is 0 Å². The van der Waals surface area contributed by atoms with Gasteiger partial charge in [0.2, 0.25) is 0 Å². The van der Waals surface area contributed by atoms with Crippen LogP contribution >= 0.6 is 0 Å². The van der Waals surface area contributed by atoms with Crippen molar-refractivity contribution >= 4 is 0 Å². The largest absolute Gasteiger partial charge is 0.390 e. The summed E-state index contributed by atoms with van der Waals surface area (Å²) in [4.78, 5) is 0. The third kappa shape index (κ3) is 3.83. The van der Waals surface area contributed by atoms with E-state index in [0.717, 1.165) is 25.7 Å². The molecule has 0 radical (unpaired) electrons. The lowest BCUT2D eigenvalue weighted by molar-refractivity contribution is 0.0179. The average Bonchev–Trinajstić information content (AvgIpc) is 2.31. The summed E-state index contributed by atoms with van der Waals surface area (Å²) in [5.74, 6) is 5.91. The van der Waals surface area contributed by atoms with Gasteiger partial charge in [0.25, 0.3) is 0 Å². The summed E-state index contributed by atoms with van der Waals surface area (Å²) in [7, 11) is 0. The zero-order chi connectivity index (χ0) is 9.57. The summed E-state index contributed by atoms with van der Waals surface area (Å²) in [5.41, 5.74) is -0.389. The van der Waals surface area contributed by atoms with Gasteiger partial charge >= 0.3 is 0 Å². The molecule has 0 atom stereocenters. The fraction of sp³-hybridized carbons (Fsp3) is 0.833. The molecule has 0 aromatic rings. The Morgan fingerprint density at radius 2 is 1.77 bits per heavy atom. The van der Waals surface area contributed by atoms with Crippen LogP contribution in [-0.2, 0) is 0 Å². The van der Waals surface area contributed by atoms with E-state index in [1.807, 2.05) is 6.92 Å². The topological polar surface area (TPSA) is 20.2 Å². The molecule has 13 heavy (non-hydrogen) atoms. The Morgan fingerprint density at radius 1 is 1.15 bits per heavy atom. The molecule has 1 saturated carbocycles. The molecule has 1 fully saturated rings. The molecule has 0 unspecified atom stereocenters. The van der Waals surface area contributed by atoms with E-state index in [9.17, 15) is 5.11 Å². The van der Waals surface area contributed by atoms with Crippen molar-refractivity contribution in [3.8, 4) is 11.8 Å². The van der Waals surface area contributed by atoms with Crippen LogP contribution in [-0.4, -0.2) is 10.7 Å². The smallest absolute Gasteiger partial charge is 0.0656 e. The molecule has 0 saturated heterocycles. The fourth-order valence-corrected chi connectivity index (χ4v) is 2.06. The molecule has 0 aromatic heterocycles. The molecular weight excluding hydrogens is 160 g/mol. The molecule has 1 N–H and O–H groups in total. The first kappa shape index (κ1) is 10.6. The third-order valence-corrected chi connectivity index (χ3v) is 2.93. The monoisotopic (exact) mass is 180 g/mol. The molecule has 1 aliphatic carbocycles. The minimum Gasteiger partial charge on any atom is -0.390 e. The molecule has 0 heterocycles. The molecule has 0 aromatic carbocycles. The van der Waals surface area contributed by atoms with E-state index < -0.39 is 0 Å². The minimum absolute atomic E-state index is 0.389. The van der Waals surface area contributed by atoms with E-state index >= 15 is 0 Å². The summed E-state index contributed by atoms with van der Waals surface area (Å²) in [5, 5.41) is 10.2. The summed E-state index contributed by atoms with van der Waals surface area (Å²) in [6.07, 6.45) is 8.66. The highest BCUT2D eigenvalue weighted by molar-refractivity contribution is 4.97. The van der Waals surface area contributed by atoms with Crippen molar-refractivity contribution in [1.82, 2.24) is 0 Å². The zero-order valence-electron chi connectivity index (χ0n) is 8.60. The van der Waals surface area contributed by atoms with Crippen molar-refractivity contribution in [2.75, 3.05) is 0 Å². The van der Waals surface area contributed by atoms with E-state index in [0.29, 0.717) is 0 Å². The molecule has 0 amide bonds. The Balaban J connectivity index is 2.36. The minimum atomic E-state index is -0.389. The number of rotatable bonds is 2. The average molecular weight is 180 g/mol. The Labute approximate surface area is 81.5 Å². The molecule has 0 aliphatic heterocycles. The van der Waals surface area contributed by atoms with Gasteiger partial charge < -0.3 is 5.11 Å². The van der Waals surface area contributed by atoms with Gasteiger partial charge in [-0.1, -0.05) is 25.7 Å². The molecule has 0 spiro atoms. The van der Waals surface area contributed by atoms with Crippen molar-refractivity contribution in [2.24, 2.45) is 0 Å². The second kappa shape index (κ2) is 5.29. The van der Waals surface area contributed by atoms with E-state index in [4.69, 9.17) is 0 Å². The van der Waals surface area contributed by atoms with Crippen LogP contribution in [0.5, 0.6) is 0 Å². The van der Waals surface area contributed by atoms with Gasteiger partial charge in [-0.05, 0) is 26.2 Å². The summed E-state index contributed by atoms with van der Waals surface area (Å²) < 4.78 is 0. The van der Waals surface area contributed by atoms with Gasteiger partial charge in [0.1, 0.15) is 0 Å². The van der Waals surface area contributed by atoms with Gasteiger partial charge in [-0.2, -0.15) is 0 Å². The Morgan fingerprint density at radius 3 is 2.31 bits per heavy atom. The van der Waals surface area contributed by atoms with Crippen LogP contribution in [0.3, 0.4) is 0 Å². The highest BCUT2D eigenvalue weighted by Crippen LogP contribution is 2.30. The Bertz CT molecular complexity index is 189. The predicted molar refractivity (Wildman–Crippen MR) is 55.3 cm³/mol. The van der Waals surface area contributed by atoms with Gasteiger partial charge in [-0.25, -0.2) is 0 Å². The predicted octanol–water partition coefficient (Wildman–Crippen LogP) is 2.88. The number of aliphatic hydroxyl groups is 1. The maximum Gasteiger partial charge on any atom is 0.0656 e. The van der Waals surface area contributed by atoms with Crippen molar-refractivity contribution in [2.45, 2.75) is 63.9 Å². The van der Waals surface area contributed by atoms with E-state index in [2.05, 4.69) is 11.8 Å². The van der Waals surface area contributed by atoms with Gasteiger partial charge in [0.05, 0.1) is 5.60 Å². The van der Waals surface area contributed by atoms with Gasteiger partial charge in [-0.15, -0.1) is 11.8 Å². The number of hydrogen-bond donors (Lipinski definition) is 1. The summed E-state index contributed by atoms with van der Waals surface area (Å²) >= 11 is 0. The van der Waals surface area contributed by atoms with Crippen molar-refractivity contribution in [3.05, 3.63) is 0 Å². The van der Waals surface area contributed by atoms with E-state index in [1.165, 1.54) is 25.7 Å². The van der Waals surface area contributed by atoms with Crippen LogP contribution in [0.2, 0.25) is 0 Å². The first-order valence-corrected chi connectivity index (χ1v) is 5.39. The van der Waals surface area contributed by atoms with Gasteiger partial charge in [0, 0.05) is 6.42 Å². The van der Waals surface area contributed by atoms with Crippen LogP contribution in [0.25, 0.3) is 0 Å². The van der Waals surface area contributed by atoms with Crippen molar-refractivity contribution < 1.29 is 5.11 Å². The first-order chi connectivity index (χ1) is 6.27. The lowest BCUT2D eigenvalue weighted by Gasteiger charge is -2.25. The quantitative estimate of drug-likeness (QED) is 0.512. The molecule has 1 heteroatoms. The zero-order valence-corrected chi connectivity index (χ0v) is 8.60. The second-order valence-electron chi connectivity index (χ2n) is 4.07. The summed E-state index contributed by atoms with van der Waals surface area (Å²) in [6.45, 7) is 1.86. The molecule has 0 bridgehead atoms. The Kier molecular flexibility index (Phi) is 4.32. The van der Waals surface area contributed by atoms with Crippen LogP contribution in [0.15, 0.2) is 0 Å². The van der Waals surface area contributed by atoms with Crippen LogP contribution in [0, 0.1) is 11.8 Å². The lowest BCUT2D eigenvalue weighted by atomic mass is 9.90. The number of hydrogen-bond acceptors (Lipinski definition) is 1. The molecular formula is C12H20O. The second-order valence-corrected chi connectivity index (χ2v) is 4.07. The molecule has 1 aliphatic rings. The third-order valence-electron chi connectivity index (χ3n) is 2.93.